The van der Waals surface area contributed by atoms with Crippen LogP contribution in [0.3, 0.4) is 0 Å². The van der Waals surface area contributed by atoms with E-state index in [-0.39, 0.29) is 28.6 Å². The van der Waals surface area contributed by atoms with Crippen molar-refractivity contribution in [2.75, 3.05) is 27.2 Å². The van der Waals surface area contributed by atoms with Crippen molar-refractivity contribution >= 4 is 11.8 Å². The van der Waals surface area contributed by atoms with Gasteiger partial charge in [-0.15, -0.1) is 0 Å². The molecule has 4 heteroatoms. The number of rotatable bonds is 4. The third-order valence-corrected chi connectivity index (χ3v) is 5.49. The van der Waals surface area contributed by atoms with Crippen molar-refractivity contribution in [1.29, 1.82) is 0 Å². The number of nitrogens with zero attached hydrogens (tertiary/aromatic N) is 2. The first kappa shape index (κ1) is 14.5. The fourth-order valence-electron chi connectivity index (χ4n) is 3.66. The maximum Gasteiger partial charge on any atom is 0.235 e. The van der Waals surface area contributed by atoms with Crippen LogP contribution in [0.4, 0.5) is 0 Å². The Morgan fingerprint density at radius 1 is 1.26 bits per heavy atom. The molecule has 4 nitrogen and oxygen atoms in total. The van der Waals surface area contributed by atoms with Gasteiger partial charge in [-0.2, -0.15) is 0 Å². The molecule has 2 amide bonds. The molecule has 0 radical (unpaired) electrons. The standard InChI is InChI=1S/C15H26N2O2/c1-14(2)11-7-8-15(14,3)13(19)17(12(11)18)10-6-9-16(4)5/h11H,6-10H2,1-5H3. The molecule has 1 heterocycles. The number of hydrogen-bond donors (Lipinski definition) is 0. The molecule has 2 aliphatic rings. The molecule has 2 atom stereocenters. The van der Waals surface area contributed by atoms with Crippen LogP contribution in [0.5, 0.6) is 0 Å². The zero-order chi connectivity index (χ0) is 14.4. The first-order chi connectivity index (χ1) is 8.72. The van der Waals surface area contributed by atoms with Crippen LogP contribution in [0.1, 0.15) is 40.0 Å². The van der Waals surface area contributed by atoms with Gasteiger partial charge in [0.15, 0.2) is 0 Å². The number of hydrogen-bond acceptors (Lipinski definition) is 3. The summed E-state index contributed by atoms with van der Waals surface area (Å²) in [5.41, 5.74) is -0.553. The third-order valence-electron chi connectivity index (χ3n) is 5.49. The molecule has 2 unspecified atom stereocenters. The van der Waals surface area contributed by atoms with Crippen LogP contribution in [-0.2, 0) is 9.59 Å². The maximum atomic E-state index is 12.7. The zero-order valence-corrected chi connectivity index (χ0v) is 12.8. The molecule has 108 valence electrons. The van der Waals surface area contributed by atoms with Gasteiger partial charge in [-0.05, 0) is 45.3 Å². The van der Waals surface area contributed by atoms with Crippen LogP contribution in [-0.4, -0.2) is 48.8 Å². The number of carbonyl (C=O) groups is 2. The van der Waals surface area contributed by atoms with Gasteiger partial charge in [0.1, 0.15) is 0 Å². The molecule has 1 saturated heterocycles. The molecular formula is C15H26N2O2. The van der Waals surface area contributed by atoms with Gasteiger partial charge in [0.25, 0.3) is 0 Å². The molecule has 0 spiro atoms. The molecule has 0 aromatic heterocycles. The minimum absolute atomic E-state index is 0.0227. The highest BCUT2D eigenvalue weighted by atomic mass is 16.2. The molecule has 2 bridgehead atoms. The van der Waals surface area contributed by atoms with Crippen molar-refractivity contribution < 1.29 is 9.59 Å². The van der Waals surface area contributed by atoms with Gasteiger partial charge in [0, 0.05) is 12.5 Å². The number of piperidine rings is 1. The molecular weight excluding hydrogens is 240 g/mol. The fourth-order valence-corrected chi connectivity index (χ4v) is 3.66. The van der Waals surface area contributed by atoms with Gasteiger partial charge in [0.05, 0.1) is 5.41 Å². The van der Waals surface area contributed by atoms with E-state index in [1.54, 1.807) is 0 Å². The van der Waals surface area contributed by atoms with Gasteiger partial charge in [-0.3, -0.25) is 14.5 Å². The molecule has 1 aliphatic carbocycles. The van der Waals surface area contributed by atoms with Crippen molar-refractivity contribution in [2.45, 2.75) is 40.0 Å². The summed E-state index contributed by atoms with van der Waals surface area (Å²) in [6.45, 7) is 7.68. The van der Waals surface area contributed by atoms with E-state index in [2.05, 4.69) is 18.7 Å². The Labute approximate surface area is 116 Å². The summed E-state index contributed by atoms with van der Waals surface area (Å²) in [7, 11) is 4.02. The van der Waals surface area contributed by atoms with Gasteiger partial charge in [0.2, 0.25) is 11.8 Å². The molecule has 0 aromatic rings. The predicted octanol–water partition coefficient (Wildman–Crippen LogP) is 1.75. The molecule has 0 N–H and O–H groups in total. The van der Waals surface area contributed by atoms with Crippen LogP contribution in [0, 0.1) is 16.7 Å². The minimum Gasteiger partial charge on any atom is -0.309 e. The largest absolute Gasteiger partial charge is 0.309 e. The van der Waals surface area contributed by atoms with Crippen molar-refractivity contribution in [3.63, 3.8) is 0 Å². The Balaban J connectivity index is 2.16. The van der Waals surface area contributed by atoms with Gasteiger partial charge in [-0.25, -0.2) is 0 Å². The van der Waals surface area contributed by atoms with E-state index in [1.165, 1.54) is 4.90 Å². The van der Waals surface area contributed by atoms with Crippen LogP contribution in [0.2, 0.25) is 0 Å². The van der Waals surface area contributed by atoms with Crippen molar-refractivity contribution in [1.82, 2.24) is 9.80 Å². The fraction of sp³-hybridized carbons (Fsp3) is 0.867. The highest BCUT2D eigenvalue weighted by Crippen LogP contribution is 2.59. The van der Waals surface area contributed by atoms with Gasteiger partial charge in [-0.1, -0.05) is 20.8 Å². The van der Waals surface area contributed by atoms with Crippen LogP contribution >= 0.6 is 0 Å². The zero-order valence-electron chi connectivity index (χ0n) is 12.8. The van der Waals surface area contributed by atoms with Crippen molar-refractivity contribution in [2.24, 2.45) is 16.7 Å². The maximum absolute atomic E-state index is 12.7. The Kier molecular flexibility index (Phi) is 3.50. The lowest BCUT2D eigenvalue weighted by atomic mass is 9.62. The Morgan fingerprint density at radius 2 is 1.89 bits per heavy atom. The average molecular weight is 266 g/mol. The summed E-state index contributed by atoms with van der Waals surface area (Å²) in [6.07, 6.45) is 2.56. The smallest absolute Gasteiger partial charge is 0.235 e. The average Bonchev–Trinajstić information content (AvgIpc) is 2.49. The van der Waals surface area contributed by atoms with E-state index in [0.29, 0.717) is 6.54 Å². The first-order valence-corrected chi connectivity index (χ1v) is 7.22. The summed E-state index contributed by atoms with van der Waals surface area (Å²) in [5, 5.41) is 0. The van der Waals surface area contributed by atoms with Crippen LogP contribution < -0.4 is 0 Å². The number of fused-ring (bicyclic) bond motifs is 2. The first-order valence-electron chi connectivity index (χ1n) is 7.22. The van der Waals surface area contributed by atoms with Gasteiger partial charge >= 0.3 is 0 Å². The highest BCUT2D eigenvalue weighted by Gasteiger charge is 2.64. The topological polar surface area (TPSA) is 40.6 Å². The second-order valence-corrected chi connectivity index (χ2v) is 7.10. The lowest BCUT2D eigenvalue weighted by molar-refractivity contribution is -0.167. The van der Waals surface area contributed by atoms with Crippen LogP contribution in [0.25, 0.3) is 0 Å². The molecule has 1 aliphatic heterocycles. The van der Waals surface area contributed by atoms with Crippen molar-refractivity contribution in [3.8, 4) is 0 Å². The third kappa shape index (κ3) is 2.00. The van der Waals surface area contributed by atoms with E-state index in [9.17, 15) is 9.59 Å². The summed E-state index contributed by atoms with van der Waals surface area (Å²) in [5.74, 6) is 0.133. The van der Waals surface area contributed by atoms with Crippen molar-refractivity contribution in [3.05, 3.63) is 0 Å². The number of amides is 2. The van der Waals surface area contributed by atoms with E-state index in [0.717, 1.165) is 25.8 Å². The second-order valence-electron chi connectivity index (χ2n) is 7.10. The quantitative estimate of drug-likeness (QED) is 0.728. The Hall–Kier alpha value is -0.900. The Morgan fingerprint density at radius 3 is 2.47 bits per heavy atom. The number of carbonyl (C=O) groups excluding carboxylic acids is 2. The predicted molar refractivity (Wildman–Crippen MR) is 74.5 cm³/mol. The lowest BCUT2D eigenvalue weighted by Gasteiger charge is -2.47. The van der Waals surface area contributed by atoms with E-state index < -0.39 is 0 Å². The van der Waals surface area contributed by atoms with E-state index >= 15 is 0 Å². The highest BCUT2D eigenvalue weighted by molar-refractivity contribution is 6.03. The van der Waals surface area contributed by atoms with Gasteiger partial charge < -0.3 is 4.90 Å². The summed E-state index contributed by atoms with van der Waals surface area (Å²) >= 11 is 0. The minimum atomic E-state index is -0.357. The normalized spacial score (nSPS) is 33.4. The van der Waals surface area contributed by atoms with Crippen LogP contribution in [0.15, 0.2) is 0 Å². The molecule has 2 fully saturated rings. The molecule has 0 aromatic carbocycles. The number of imide groups is 1. The lowest BCUT2D eigenvalue weighted by Crippen LogP contribution is -2.59. The van der Waals surface area contributed by atoms with E-state index in [4.69, 9.17) is 0 Å². The summed E-state index contributed by atoms with van der Waals surface area (Å²) in [4.78, 5) is 28.8. The summed E-state index contributed by atoms with van der Waals surface area (Å²) < 4.78 is 0. The monoisotopic (exact) mass is 266 g/mol. The Bertz CT molecular complexity index is 403. The molecule has 1 saturated carbocycles. The molecule has 19 heavy (non-hydrogen) atoms. The van der Waals surface area contributed by atoms with E-state index in [1.807, 2.05) is 21.0 Å². The number of likely N-dealkylation sites (tertiary alicyclic amines) is 1. The summed E-state index contributed by atoms with van der Waals surface area (Å²) in [6, 6.07) is 0. The SMILES string of the molecule is CN(C)CCCN1C(=O)C2CCC(C)(C1=O)C2(C)C. The second kappa shape index (κ2) is 4.58. The molecule has 2 rings (SSSR count).